The summed E-state index contributed by atoms with van der Waals surface area (Å²) in [6.45, 7) is 2.69. The van der Waals surface area contributed by atoms with Gasteiger partial charge in [-0.3, -0.25) is 9.36 Å². The van der Waals surface area contributed by atoms with Crippen molar-refractivity contribution in [3.63, 3.8) is 0 Å². The first-order chi connectivity index (χ1) is 19.8. The number of rotatable bonds is 23. The number of carbonyl (C=O) groups excluding carboxylic acids is 1. The van der Waals surface area contributed by atoms with Crippen molar-refractivity contribution >= 4 is 13.5 Å². The van der Waals surface area contributed by atoms with E-state index < -0.39 is 25.9 Å². The normalized spacial score (nSPS) is 13.1. The highest BCUT2D eigenvalue weighted by Gasteiger charge is 2.28. The molecule has 2 aromatic rings. The number of amides is 1. The summed E-state index contributed by atoms with van der Waals surface area (Å²) in [5, 5.41) is 13.4. The van der Waals surface area contributed by atoms with Gasteiger partial charge in [0.25, 0.3) is 0 Å². The van der Waals surface area contributed by atoms with Crippen LogP contribution in [0.5, 0.6) is 5.75 Å². The lowest BCUT2D eigenvalue weighted by Crippen LogP contribution is -2.46. The molecule has 1 unspecified atom stereocenters. The third-order valence-corrected chi connectivity index (χ3v) is 8.22. The summed E-state index contributed by atoms with van der Waals surface area (Å²) in [6, 6.07) is 16.4. The van der Waals surface area contributed by atoms with Gasteiger partial charge in [-0.15, -0.1) is 0 Å². The van der Waals surface area contributed by atoms with Crippen LogP contribution in [0.1, 0.15) is 108 Å². The van der Waals surface area contributed by atoms with Crippen LogP contribution in [0, 0.1) is 0 Å². The van der Waals surface area contributed by atoms with Crippen LogP contribution in [0.3, 0.4) is 0 Å². The van der Waals surface area contributed by atoms with E-state index in [0.29, 0.717) is 18.8 Å². The monoisotopic (exact) mass is 589 g/mol. The second-order valence-corrected chi connectivity index (χ2v) is 12.9. The Morgan fingerprint density at radius 3 is 1.85 bits per heavy atom. The van der Waals surface area contributed by atoms with Crippen molar-refractivity contribution in [2.75, 3.05) is 6.16 Å². The second kappa shape index (κ2) is 20.7. The van der Waals surface area contributed by atoms with Gasteiger partial charge in [0, 0.05) is 6.42 Å². The molecule has 0 bridgehead atoms. The van der Waals surface area contributed by atoms with Crippen LogP contribution in [-0.4, -0.2) is 39.1 Å². The number of unbranched alkanes of at least 4 members (excludes halogenated alkanes) is 12. The van der Waals surface area contributed by atoms with Gasteiger partial charge in [-0.05, 0) is 36.1 Å². The SMILES string of the molecule is CCCCCCCCCCCCCCCC(=O)N[C@@H](Cc1ccc(OCc2ccccc2)cc1)C(O)CP(=O)(O)O. The molecule has 0 saturated heterocycles. The molecule has 0 spiro atoms. The number of aliphatic hydroxyl groups is 1. The van der Waals surface area contributed by atoms with E-state index in [1.807, 2.05) is 54.6 Å². The molecule has 0 saturated carbocycles. The molecule has 7 nitrogen and oxygen atoms in total. The first kappa shape index (κ1) is 35.0. The standard InChI is InChI=1S/C33H52NO6P/c1-2-3-4-5-6-7-8-9-10-11-12-13-17-20-33(36)34-31(32(35)27-41(37,38)39)25-28-21-23-30(24-22-28)40-26-29-18-15-14-16-19-29/h14-16,18-19,21-24,31-32,35H,2-13,17,20,25-27H2,1H3,(H,34,36)(H2,37,38,39)/t31-,32?/m0/s1. The van der Waals surface area contributed by atoms with Gasteiger partial charge in [-0.25, -0.2) is 0 Å². The molecular weight excluding hydrogens is 537 g/mol. The molecule has 2 atom stereocenters. The van der Waals surface area contributed by atoms with Gasteiger partial charge in [0.1, 0.15) is 12.4 Å². The molecule has 0 fully saturated rings. The fraction of sp³-hybridized carbons (Fsp3) is 0.606. The Labute approximate surface area is 247 Å². The van der Waals surface area contributed by atoms with Crippen molar-refractivity contribution < 1.29 is 29.0 Å². The van der Waals surface area contributed by atoms with Gasteiger partial charge < -0.3 is 24.9 Å². The highest BCUT2D eigenvalue weighted by molar-refractivity contribution is 7.51. The molecular formula is C33H52NO6P. The van der Waals surface area contributed by atoms with Crippen LogP contribution in [-0.2, 0) is 22.4 Å². The summed E-state index contributed by atoms with van der Waals surface area (Å²) < 4.78 is 17.4. The second-order valence-electron chi connectivity index (χ2n) is 11.2. The zero-order chi connectivity index (χ0) is 29.8. The Morgan fingerprint density at radius 2 is 1.32 bits per heavy atom. The van der Waals surface area contributed by atoms with Gasteiger partial charge in [0.2, 0.25) is 5.91 Å². The average Bonchev–Trinajstić information content (AvgIpc) is 2.94. The molecule has 0 aliphatic heterocycles. The summed E-state index contributed by atoms with van der Waals surface area (Å²) >= 11 is 0. The smallest absolute Gasteiger partial charge is 0.328 e. The molecule has 2 aromatic carbocycles. The van der Waals surface area contributed by atoms with Crippen molar-refractivity contribution in [2.24, 2.45) is 0 Å². The molecule has 0 aliphatic rings. The Balaban J connectivity index is 1.71. The molecule has 4 N–H and O–H groups in total. The molecule has 8 heteroatoms. The maximum atomic E-state index is 12.7. The van der Waals surface area contributed by atoms with E-state index in [9.17, 15) is 24.3 Å². The topological polar surface area (TPSA) is 116 Å². The maximum absolute atomic E-state index is 12.7. The van der Waals surface area contributed by atoms with E-state index in [0.717, 1.165) is 30.4 Å². The lowest BCUT2D eigenvalue weighted by molar-refractivity contribution is -0.122. The number of ether oxygens (including phenoxy) is 1. The Morgan fingerprint density at radius 1 is 0.780 bits per heavy atom. The minimum Gasteiger partial charge on any atom is -0.489 e. The van der Waals surface area contributed by atoms with E-state index in [1.165, 1.54) is 64.2 Å². The molecule has 230 valence electrons. The lowest BCUT2D eigenvalue weighted by atomic mass is 10.0. The molecule has 0 radical (unpaired) electrons. The predicted molar refractivity (Wildman–Crippen MR) is 166 cm³/mol. The Hall–Kier alpha value is -2.18. The van der Waals surface area contributed by atoms with Gasteiger partial charge in [-0.1, -0.05) is 126 Å². The highest BCUT2D eigenvalue weighted by atomic mass is 31.2. The summed E-state index contributed by atoms with van der Waals surface area (Å²) in [7, 11) is -4.44. The molecule has 0 aromatic heterocycles. The van der Waals surface area contributed by atoms with E-state index in [-0.39, 0.29) is 12.3 Å². The number of carbonyl (C=O) groups is 1. The summed E-state index contributed by atoms with van der Waals surface area (Å²) in [6.07, 6.45) is 14.5. The largest absolute Gasteiger partial charge is 0.489 e. The van der Waals surface area contributed by atoms with E-state index >= 15 is 0 Å². The van der Waals surface area contributed by atoms with Crippen LogP contribution >= 0.6 is 7.60 Å². The van der Waals surface area contributed by atoms with Crippen LogP contribution in [0.4, 0.5) is 0 Å². The minimum absolute atomic E-state index is 0.203. The van der Waals surface area contributed by atoms with Gasteiger partial charge in [0.05, 0.1) is 18.3 Å². The van der Waals surface area contributed by atoms with Crippen LogP contribution in [0.2, 0.25) is 0 Å². The van der Waals surface area contributed by atoms with E-state index in [4.69, 9.17) is 4.74 Å². The maximum Gasteiger partial charge on any atom is 0.328 e. The lowest BCUT2D eigenvalue weighted by Gasteiger charge is -2.25. The van der Waals surface area contributed by atoms with Gasteiger partial charge in [-0.2, -0.15) is 0 Å². The molecule has 41 heavy (non-hydrogen) atoms. The summed E-state index contributed by atoms with van der Waals surface area (Å²) in [5.74, 6) is 0.488. The fourth-order valence-corrected chi connectivity index (χ4v) is 5.69. The fourth-order valence-electron chi connectivity index (χ4n) is 4.95. The Kier molecular flexibility index (Phi) is 17.6. The first-order valence-corrected chi connectivity index (χ1v) is 17.3. The summed E-state index contributed by atoms with van der Waals surface area (Å²) in [5.41, 5.74) is 1.89. The van der Waals surface area contributed by atoms with Crippen LogP contribution < -0.4 is 10.1 Å². The van der Waals surface area contributed by atoms with Crippen molar-refractivity contribution in [2.45, 2.75) is 122 Å². The molecule has 1 amide bonds. The van der Waals surface area contributed by atoms with E-state index in [2.05, 4.69) is 12.2 Å². The number of nitrogens with one attached hydrogen (secondary N) is 1. The first-order valence-electron chi connectivity index (χ1n) is 15.5. The van der Waals surface area contributed by atoms with Crippen molar-refractivity contribution in [1.82, 2.24) is 5.32 Å². The van der Waals surface area contributed by atoms with E-state index in [1.54, 1.807) is 0 Å². The van der Waals surface area contributed by atoms with Crippen LogP contribution in [0.25, 0.3) is 0 Å². The Bertz CT molecular complexity index is 995. The number of aliphatic hydroxyl groups excluding tert-OH is 1. The third kappa shape index (κ3) is 17.4. The highest BCUT2D eigenvalue weighted by Crippen LogP contribution is 2.35. The number of hydrogen-bond donors (Lipinski definition) is 4. The quantitative estimate of drug-likeness (QED) is 0.0798. The minimum atomic E-state index is -4.44. The zero-order valence-electron chi connectivity index (χ0n) is 24.9. The molecule has 0 heterocycles. The number of benzene rings is 2. The summed E-state index contributed by atoms with van der Waals surface area (Å²) in [4.78, 5) is 31.4. The van der Waals surface area contributed by atoms with Gasteiger partial charge >= 0.3 is 7.60 Å². The molecule has 0 aliphatic carbocycles. The van der Waals surface area contributed by atoms with Gasteiger partial charge in [0.15, 0.2) is 0 Å². The van der Waals surface area contributed by atoms with Crippen LogP contribution in [0.15, 0.2) is 54.6 Å². The average molecular weight is 590 g/mol. The van der Waals surface area contributed by atoms with Crippen molar-refractivity contribution in [3.05, 3.63) is 65.7 Å². The predicted octanol–water partition coefficient (Wildman–Crippen LogP) is 7.31. The number of hydrogen-bond acceptors (Lipinski definition) is 4. The molecule has 2 rings (SSSR count). The third-order valence-electron chi connectivity index (χ3n) is 7.37. The zero-order valence-corrected chi connectivity index (χ0v) is 25.8. The van der Waals surface area contributed by atoms with Crippen molar-refractivity contribution in [1.29, 1.82) is 0 Å². The van der Waals surface area contributed by atoms with Crippen molar-refractivity contribution in [3.8, 4) is 5.75 Å².